The molecule has 0 aliphatic carbocycles. The van der Waals surface area contributed by atoms with Crippen molar-refractivity contribution < 1.29 is 14.3 Å². The van der Waals surface area contributed by atoms with Gasteiger partial charge in [-0.3, -0.25) is 4.79 Å². The Morgan fingerprint density at radius 2 is 2.00 bits per heavy atom. The molecule has 4 nitrogen and oxygen atoms in total. The molecule has 0 amide bonds. The number of aliphatic carboxylic acids is 1. The van der Waals surface area contributed by atoms with E-state index in [-0.39, 0.29) is 12.2 Å². The summed E-state index contributed by atoms with van der Waals surface area (Å²) in [6, 6.07) is 19.0. The summed E-state index contributed by atoms with van der Waals surface area (Å²) in [7, 11) is 0. The molecule has 0 spiro atoms. The van der Waals surface area contributed by atoms with E-state index in [4.69, 9.17) is 5.11 Å². The second kappa shape index (κ2) is 8.77. The molecule has 158 valence electrons. The molecule has 0 bridgehead atoms. The van der Waals surface area contributed by atoms with E-state index in [0.717, 1.165) is 36.7 Å². The van der Waals surface area contributed by atoms with Crippen LogP contribution in [0.1, 0.15) is 42.4 Å². The van der Waals surface area contributed by atoms with Gasteiger partial charge in [0.05, 0.1) is 23.7 Å². The van der Waals surface area contributed by atoms with Crippen molar-refractivity contribution in [1.82, 2.24) is 0 Å². The van der Waals surface area contributed by atoms with Gasteiger partial charge in [-0.05, 0) is 64.8 Å². The molecule has 3 aromatic rings. The highest BCUT2D eigenvalue weighted by atomic mass is 18.2. The number of nitrogens with zero attached hydrogens (tertiary/aromatic N) is 2. The van der Waals surface area contributed by atoms with Crippen molar-refractivity contribution in [2.45, 2.75) is 32.1 Å². The van der Waals surface area contributed by atoms with Crippen LogP contribution in [0, 0.1) is 23.1 Å². The molecular weight excluding hydrogens is 389 g/mol. The summed E-state index contributed by atoms with van der Waals surface area (Å²) in [4.78, 5) is 12.9. The minimum atomic E-state index is -0.960. The quantitative estimate of drug-likeness (QED) is 0.579. The molecule has 1 heterocycles. The number of carbonyl (C=O) groups is 1. The average molecular weight is 414 g/mol. The number of carboxylic acids is 1. The van der Waals surface area contributed by atoms with Gasteiger partial charge in [0.25, 0.3) is 0 Å². The van der Waals surface area contributed by atoms with Crippen LogP contribution in [-0.2, 0) is 11.2 Å². The third-order valence-electron chi connectivity index (χ3n) is 6.29. The van der Waals surface area contributed by atoms with Crippen LogP contribution in [0.15, 0.2) is 54.6 Å². The molecule has 1 aliphatic heterocycles. The lowest BCUT2D eigenvalue weighted by atomic mass is 9.84. The van der Waals surface area contributed by atoms with E-state index in [9.17, 15) is 14.4 Å². The molecule has 1 aliphatic rings. The first-order valence-corrected chi connectivity index (χ1v) is 10.6. The number of fused-ring (bicyclic) bond motifs is 1. The van der Waals surface area contributed by atoms with Gasteiger partial charge in [-0.2, -0.15) is 5.26 Å². The summed E-state index contributed by atoms with van der Waals surface area (Å²) >= 11 is 0. The topological polar surface area (TPSA) is 64.3 Å². The molecule has 1 fully saturated rings. The van der Waals surface area contributed by atoms with E-state index in [0.29, 0.717) is 28.7 Å². The molecule has 31 heavy (non-hydrogen) atoms. The van der Waals surface area contributed by atoms with Crippen molar-refractivity contribution in [2.24, 2.45) is 5.92 Å². The Balaban J connectivity index is 1.47. The highest BCUT2D eigenvalue weighted by molar-refractivity contribution is 5.91. The van der Waals surface area contributed by atoms with Gasteiger partial charge in [0.1, 0.15) is 5.82 Å². The summed E-state index contributed by atoms with van der Waals surface area (Å²) in [6.45, 7) is 3.80. The monoisotopic (exact) mass is 414 g/mol. The first kappa shape index (κ1) is 20.9. The van der Waals surface area contributed by atoms with E-state index in [2.05, 4.69) is 30.0 Å². The first-order valence-electron chi connectivity index (χ1n) is 10.6. The minimum absolute atomic E-state index is 0.171. The minimum Gasteiger partial charge on any atom is -0.481 e. The summed E-state index contributed by atoms with van der Waals surface area (Å²) in [6.07, 6.45) is 1.82. The summed E-state index contributed by atoms with van der Waals surface area (Å²) in [5.41, 5.74) is 2.97. The molecule has 1 saturated heterocycles. The molecule has 0 unspecified atom stereocenters. The molecule has 0 saturated carbocycles. The van der Waals surface area contributed by atoms with Crippen LogP contribution in [0.25, 0.3) is 10.8 Å². The Bertz CT molecular complexity index is 1170. The van der Waals surface area contributed by atoms with Crippen molar-refractivity contribution in [3.63, 3.8) is 0 Å². The molecule has 0 aromatic heterocycles. The van der Waals surface area contributed by atoms with Crippen LogP contribution in [0.2, 0.25) is 0 Å². The van der Waals surface area contributed by atoms with Crippen LogP contribution in [0.5, 0.6) is 0 Å². The largest absolute Gasteiger partial charge is 0.481 e. The highest BCUT2D eigenvalue weighted by Gasteiger charge is 2.27. The van der Waals surface area contributed by atoms with Crippen molar-refractivity contribution in [1.29, 1.82) is 5.26 Å². The number of anilines is 1. The Hall–Kier alpha value is -3.39. The van der Waals surface area contributed by atoms with E-state index < -0.39 is 5.97 Å². The lowest BCUT2D eigenvalue weighted by Crippen LogP contribution is -2.21. The fraction of sp³-hybridized carbons (Fsp3) is 0.308. The lowest BCUT2D eigenvalue weighted by Gasteiger charge is -2.22. The van der Waals surface area contributed by atoms with Crippen LogP contribution < -0.4 is 4.90 Å². The number of hydrogen-bond donors (Lipinski definition) is 1. The third-order valence-corrected chi connectivity index (χ3v) is 6.29. The third kappa shape index (κ3) is 4.39. The predicted molar refractivity (Wildman–Crippen MR) is 120 cm³/mol. The van der Waals surface area contributed by atoms with Gasteiger partial charge in [-0.15, -0.1) is 0 Å². The number of carboxylic acid groups (broad SMARTS) is 1. The summed E-state index contributed by atoms with van der Waals surface area (Å²) in [5, 5.41) is 20.4. The van der Waals surface area contributed by atoms with Gasteiger partial charge in [0.15, 0.2) is 0 Å². The summed E-state index contributed by atoms with van der Waals surface area (Å²) in [5.74, 6) is -0.545. The van der Waals surface area contributed by atoms with E-state index in [1.165, 1.54) is 11.6 Å². The fourth-order valence-electron chi connectivity index (χ4n) is 4.81. The second-order valence-electron chi connectivity index (χ2n) is 8.45. The van der Waals surface area contributed by atoms with Gasteiger partial charge in [0, 0.05) is 13.1 Å². The van der Waals surface area contributed by atoms with E-state index >= 15 is 0 Å². The number of halogens is 1. The number of nitriles is 1. The molecular formula is C26H25FN2O2. The van der Waals surface area contributed by atoms with Gasteiger partial charge in [0.2, 0.25) is 0 Å². The maximum absolute atomic E-state index is 14.6. The number of hydrogen-bond acceptors (Lipinski definition) is 3. The smallest absolute Gasteiger partial charge is 0.307 e. The molecule has 1 N–H and O–H groups in total. The summed E-state index contributed by atoms with van der Waals surface area (Å²) < 4.78 is 14.6. The molecule has 0 radical (unpaired) electrons. The standard InChI is InChI=1S/C26H25FN2O2/c1-17(21-8-7-20(15-28)22-4-2-3-5-23(21)22)12-19-10-11-29(16-19)25-9-6-18(13-24(25)27)14-26(30)31/h2-9,13,17,19H,10-12,14,16H2,1H3,(H,30,31)/t17-,19+/m0/s1/i15-1,27-1. The van der Waals surface area contributed by atoms with Crippen LogP contribution >= 0.6 is 0 Å². The molecule has 5 heteroatoms. The normalized spacial score (nSPS) is 16.9. The van der Waals surface area contributed by atoms with E-state index in [1.807, 2.05) is 24.3 Å². The lowest BCUT2D eigenvalue weighted by molar-refractivity contribution is -0.136. The van der Waals surface area contributed by atoms with Gasteiger partial charge >= 0.3 is 5.97 Å². The van der Waals surface area contributed by atoms with Gasteiger partial charge < -0.3 is 10.0 Å². The molecule has 3 aromatic carbocycles. The van der Waals surface area contributed by atoms with Crippen molar-refractivity contribution in [2.75, 3.05) is 18.0 Å². The zero-order valence-corrected chi connectivity index (χ0v) is 17.5. The van der Waals surface area contributed by atoms with Crippen molar-refractivity contribution in [3.05, 3.63) is 77.1 Å². The maximum Gasteiger partial charge on any atom is 0.307 e. The van der Waals surface area contributed by atoms with Crippen molar-refractivity contribution >= 4 is 22.4 Å². The Kier molecular flexibility index (Phi) is 5.90. The Morgan fingerprint density at radius 1 is 1.23 bits per heavy atom. The van der Waals surface area contributed by atoms with Gasteiger partial charge in [-0.25, -0.2) is 4.39 Å². The average Bonchev–Trinajstić information content (AvgIpc) is 3.20. The van der Waals surface area contributed by atoms with Crippen molar-refractivity contribution in [3.8, 4) is 6.07 Å². The van der Waals surface area contributed by atoms with Crippen LogP contribution in [0.4, 0.5) is 10.1 Å². The predicted octanol–water partition coefficient (Wildman–Crippen LogP) is 5.50. The molecule has 4 rings (SSSR count). The maximum atomic E-state index is 14.6. The first-order chi connectivity index (χ1) is 15.0. The Morgan fingerprint density at radius 3 is 2.71 bits per heavy atom. The zero-order valence-electron chi connectivity index (χ0n) is 17.5. The van der Waals surface area contributed by atoms with Crippen LogP contribution in [0.3, 0.4) is 0 Å². The molecule has 2 atom stereocenters. The zero-order chi connectivity index (χ0) is 22.0. The van der Waals surface area contributed by atoms with Crippen LogP contribution in [-0.4, -0.2) is 24.2 Å². The highest BCUT2D eigenvalue weighted by Crippen LogP contribution is 2.35. The Labute approximate surface area is 181 Å². The number of benzene rings is 3. The SMILES string of the molecule is C[C@@H](C[C@H]1CCN(c2ccc(CC(=O)O)cc2[18F])C1)c1ccc([11C]#N)c2ccccc12. The van der Waals surface area contributed by atoms with Gasteiger partial charge in [-0.1, -0.05) is 43.3 Å². The number of rotatable bonds is 6. The van der Waals surface area contributed by atoms with E-state index in [1.54, 1.807) is 12.1 Å². The second-order valence-corrected chi connectivity index (χ2v) is 8.45. The fourth-order valence-corrected chi connectivity index (χ4v) is 4.81.